The number of amides is 2. The number of rotatable bonds is 5. The normalized spacial score (nSPS) is 10.7. The van der Waals surface area contributed by atoms with E-state index in [0.717, 1.165) is 11.3 Å². The molecule has 0 radical (unpaired) electrons. The molecule has 2 amide bonds. The third kappa shape index (κ3) is 3.63. The fourth-order valence-electron chi connectivity index (χ4n) is 2.82. The molecule has 0 aliphatic heterocycles. The molecule has 0 atom stereocenters. The average molecular weight is 424 g/mol. The van der Waals surface area contributed by atoms with Crippen LogP contribution in [0.25, 0.3) is 10.2 Å². The largest absolute Gasteiger partial charge is 0.477 e. The quantitative estimate of drug-likeness (QED) is 0.386. The van der Waals surface area contributed by atoms with Gasteiger partial charge in [-0.2, -0.15) is 5.10 Å². The lowest BCUT2D eigenvalue weighted by molar-refractivity contribution is 0.0701. The fourth-order valence-corrected chi connectivity index (χ4v) is 3.65. The molecule has 8 nitrogen and oxygen atoms in total. The zero-order chi connectivity index (χ0) is 21.3. The number of H-pyrrole nitrogens is 1. The monoisotopic (exact) mass is 424 g/mol. The van der Waals surface area contributed by atoms with Crippen molar-refractivity contribution in [3.63, 3.8) is 0 Å². The second-order valence-electron chi connectivity index (χ2n) is 6.17. The van der Waals surface area contributed by atoms with Gasteiger partial charge in [-0.1, -0.05) is 24.3 Å². The Kier molecular flexibility index (Phi) is 4.98. The average Bonchev–Trinajstić information content (AvgIpc) is 3.31. The predicted octanol–water partition coefficient (Wildman–Crippen LogP) is 3.97. The lowest BCUT2D eigenvalue weighted by atomic mass is 10.1. The molecule has 4 N–H and O–H groups in total. The van der Waals surface area contributed by atoms with Gasteiger partial charge in [-0.3, -0.25) is 14.7 Å². The molecule has 0 spiro atoms. The summed E-state index contributed by atoms with van der Waals surface area (Å²) in [6, 6.07) is 13.2. The third-order valence-electron chi connectivity index (χ3n) is 4.24. The minimum atomic E-state index is -1.09. The summed E-state index contributed by atoms with van der Waals surface area (Å²) in [5.74, 6) is -2.79. The number of carboxylic acid groups (broad SMARTS) is 1. The van der Waals surface area contributed by atoms with E-state index in [9.17, 15) is 18.8 Å². The molecule has 0 bridgehead atoms. The first-order chi connectivity index (χ1) is 14.4. The van der Waals surface area contributed by atoms with Gasteiger partial charge in [-0.15, -0.1) is 11.3 Å². The number of aromatic nitrogens is 2. The van der Waals surface area contributed by atoms with E-state index in [1.807, 2.05) is 0 Å². The van der Waals surface area contributed by atoms with Crippen molar-refractivity contribution in [3.8, 4) is 0 Å². The van der Waals surface area contributed by atoms with Crippen LogP contribution in [0.3, 0.4) is 0 Å². The van der Waals surface area contributed by atoms with Crippen molar-refractivity contribution in [2.45, 2.75) is 0 Å². The highest BCUT2D eigenvalue weighted by Crippen LogP contribution is 2.30. The Balaban J connectivity index is 1.59. The number of thiophene rings is 1. The molecule has 30 heavy (non-hydrogen) atoms. The summed E-state index contributed by atoms with van der Waals surface area (Å²) in [5, 5.41) is 21.4. The number of nitrogens with one attached hydrogen (secondary N) is 3. The number of aromatic carboxylic acids is 1. The maximum Gasteiger partial charge on any atom is 0.345 e. The van der Waals surface area contributed by atoms with Gasteiger partial charge in [0.2, 0.25) is 0 Å². The molecule has 0 saturated carbocycles. The Morgan fingerprint density at radius 2 is 1.63 bits per heavy atom. The molecule has 0 aliphatic carbocycles. The van der Waals surface area contributed by atoms with Crippen LogP contribution < -0.4 is 10.6 Å². The summed E-state index contributed by atoms with van der Waals surface area (Å²) >= 11 is 0.974. The molecule has 0 saturated heterocycles. The molecular formula is C20H13FN4O4S. The lowest BCUT2D eigenvalue weighted by Gasteiger charge is -2.11. The minimum Gasteiger partial charge on any atom is -0.477 e. The second-order valence-corrected chi connectivity index (χ2v) is 7.20. The van der Waals surface area contributed by atoms with Gasteiger partial charge < -0.3 is 15.7 Å². The molecular weight excluding hydrogens is 411 g/mol. The first-order valence-corrected chi connectivity index (χ1v) is 9.43. The molecule has 150 valence electrons. The number of carbonyl (C=O) groups is 3. The van der Waals surface area contributed by atoms with Crippen LogP contribution in [0.15, 0.2) is 54.6 Å². The van der Waals surface area contributed by atoms with Crippen LogP contribution in [0, 0.1) is 5.82 Å². The first-order valence-electron chi connectivity index (χ1n) is 8.61. The number of anilines is 2. The Morgan fingerprint density at radius 3 is 2.37 bits per heavy atom. The molecule has 0 aliphatic rings. The van der Waals surface area contributed by atoms with Crippen LogP contribution >= 0.6 is 11.3 Å². The lowest BCUT2D eigenvalue weighted by Crippen LogP contribution is -2.19. The van der Waals surface area contributed by atoms with Crippen molar-refractivity contribution < 1.29 is 23.9 Å². The number of carboxylic acids is 1. The van der Waals surface area contributed by atoms with E-state index < -0.39 is 23.6 Å². The summed E-state index contributed by atoms with van der Waals surface area (Å²) in [6.45, 7) is 0. The van der Waals surface area contributed by atoms with Crippen LogP contribution in [0.1, 0.15) is 30.4 Å². The van der Waals surface area contributed by atoms with E-state index in [2.05, 4.69) is 20.8 Å². The summed E-state index contributed by atoms with van der Waals surface area (Å²) in [5.41, 5.74) is 0.177. The molecule has 4 aromatic rings. The standard InChI is InChI=1S/C20H13FN4O4S/c21-13-7-3-1-5-10(13)17(26)22-14-8-4-2-6-11(14)18(27)23-16-12-9-15(20(28)29)30-19(12)25-24-16/h1-9H,(H,22,26)(H,28,29)(H2,23,24,25,27). The van der Waals surface area contributed by atoms with Gasteiger partial charge in [0.1, 0.15) is 21.3 Å². The summed E-state index contributed by atoms with van der Waals surface area (Å²) < 4.78 is 13.9. The molecule has 0 fully saturated rings. The summed E-state index contributed by atoms with van der Waals surface area (Å²) in [6.07, 6.45) is 0. The van der Waals surface area contributed by atoms with Crippen molar-refractivity contribution in [2.75, 3.05) is 10.6 Å². The zero-order valence-corrected chi connectivity index (χ0v) is 15.9. The molecule has 4 rings (SSSR count). The van der Waals surface area contributed by atoms with E-state index in [1.165, 1.54) is 42.5 Å². The van der Waals surface area contributed by atoms with E-state index in [1.54, 1.807) is 12.1 Å². The van der Waals surface area contributed by atoms with Crippen LogP contribution in [0.2, 0.25) is 0 Å². The van der Waals surface area contributed by atoms with Gasteiger partial charge in [-0.25, -0.2) is 9.18 Å². The van der Waals surface area contributed by atoms with E-state index >= 15 is 0 Å². The third-order valence-corrected chi connectivity index (χ3v) is 5.26. The highest BCUT2D eigenvalue weighted by molar-refractivity contribution is 7.20. The SMILES string of the molecule is O=C(O)c1cc2c(NC(=O)c3ccccc3NC(=O)c3ccccc3F)[nH]nc2s1. The van der Waals surface area contributed by atoms with E-state index in [-0.39, 0.29) is 27.5 Å². The Labute approximate surface area is 172 Å². The van der Waals surface area contributed by atoms with Crippen LogP contribution in [0.4, 0.5) is 15.9 Å². The van der Waals surface area contributed by atoms with E-state index in [0.29, 0.717) is 10.2 Å². The van der Waals surface area contributed by atoms with Gasteiger partial charge in [-0.05, 0) is 30.3 Å². The molecule has 2 aromatic carbocycles. The maximum atomic E-state index is 13.9. The van der Waals surface area contributed by atoms with Crippen LogP contribution in [-0.2, 0) is 0 Å². The van der Waals surface area contributed by atoms with Gasteiger partial charge in [0, 0.05) is 0 Å². The number of hydrogen-bond donors (Lipinski definition) is 4. The Bertz CT molecular complexity index is 1300. The predicted molar refractivity (Wildman–Crippen MR) is 110 cm³/mol. The Morgan fingerprint density at radius 1 is 0.967 bits per heavy atom. The summed E-state index contributed by atoms with van der Waals surface area (Å²) in [7, 11) is 0. The highest BCUT2D eigenvalue weighted by atomic mass is 32.1. The molecule has 2 heterocycles. The number of para-hydroxylation sites is 1. The van der Waals surface area contributed by atoms with E-state index in [4.69, 9.17) is 5.11 Å². The van der Waals surface area contributed by atoms with Crippen molar-refractivity contribution in [2.24, 2.45) is 0 Å². The van der Waals surface area contributed by atoms with Gasteiger partial charge in [0.15, 0.2) is 0 Å². The number of carbonyl (C=O) groups excluding carboxylic acids is 2. The van der Waals surface area contributed by atoms with Crippen LogP contribution in [0.5, 0.6) is 0 Å². The van der Waals surface area contributed by atoms with Crippen molar-refractivity contribution >= 4 is 50.8 Å². The molecule has 2 aromatic heterocycles. The number of hydrogen-bond acceptors (Lipinski definition) is 5. The number of halogens is 1. The number of benzene rings is 2. The Hall–Kier alpha value is -4.05. The summed E-state index contributed by atoms with van der Waals surface area (Å²) in [4.78, 5) is 36.9. The highest BCUT2D eigenvalue weighted by Gasteiger charge is 2.19. The number of fused-ring (bicyclic) bond motifs is 1. The van der Waals surface area contributed by atoms with Crippen molar-refractivity contribution in [1.29, 1.82) is 0 Å². The molecule has 10 heteroatoms. The maximum absolute atomic E-state index is 13.9. The van der Waals surface area contributed by atoms with Crippen molar-refractivity contribution in [3.05, 3.63) is 76.4 Å². The van der Waals surface area contributed by atoms with Crippen LogP contribution in [-0.4, -0.2) is 33.1 Å². The first kappa shape index (κ1) is 19.3. The smallest absolute Gasteiger partial charge is 0.345 e. The number of aromatic amines is 1. The van der Waals surface area contributed by atoms with Gasteiger partial charge in [0.05, 0.1) is 22.2 Å². The van der Waals surface area contributed by atoms with Gasteiger partial charge in [0.25, 0.3) is 11.8 Å². The fraction of sp³-hybridized carbons (Fsp3) is 0. The minimum absolute atomic E-state index is 0.0922. The molecule has 0 unspecified atom stereocenters. The topological polar surface area (TPSA) is 124 Å². The van der Waals surface area contributed by atoms with Gasteiger partial charge >= 0.3 is 5.97 Å². The van der Waals surface area contributed by atoms with Crippen molar-refractivity contribution in [1.82, 2.24) is 10.2 Å². The number of nitrogens with zero attached hydrogens (tertiary/aromatic N) is 1. The zero-order valence-electron chi connectivity index (χ0n) is 15.1. The second kappa shape index (κ2) is 7.76.